The summed E-state index contributed by atoms with van der Waals surface area (Å²) in [6, 6.07) is 21.8. The predicted octanol–water partition coefficient (Wildman–Crippen LogP) is 4.43. The Kier molecular flexibility index (Phi) is 3.53. The van der Waals surface area contributed by atoms with E-state index in [1.165, 1.54) is 33.0 Å². The predicted molar refractivity (Wildman–Crippen MR) is 89.3 cm³/mol. The van der Waals surface area contributed by atoms with Gasteiger partial charge in [-0.05, 0) is 39.4 Å². The molecule has 1 aliphatic carbocycles. The molecule has 0 bridgehead atoms. The second-order valence-corrected chi connectivity index (χ2v) is 5.01. The van der Waals surface area contributed by atoms with Crippen LogP contribution in [0.3, 0.4) is 0 Å². The summed E-state index contributed by atoms with van der Waals surface area (Å²) in [5.74, 6) is 0. The molecule has 0 saturated carbocycles. The number of rotatable bonds is 1. The Morgan fingerprint density at radius 3 is 2.40 bits per heavy atom. The van der Waals surface area contributed by atoms with Crippen LogP contribution in [0.15, 0.2) is 66.7 Å². The van der Waals surface area contributed by atoms with Crippen molar-refractivity contribution in [1.82, 2.24) is 0 Å². The van der Waals surface area contributed by atoms with E-state index in [0.717, 1.165) is 6.42 Å². The Bertz CT molecular complexity index is 794. The van der Waals surface area contributed by atoms with Crippen molar-refractivity contribution < 1.29 is 0 Å². The van der Waals surface area contributed by atoms with Crippen LogP contribution in [0, 0.1) is 0 Å². The standard InChI is InChI=1S/C19H14.Li.H/c1-2-10-16-14(6-1)8-4-12-18(16)19-13-5-9-15-7-3-11-17(15)19;;/h1-6,8-13H,7H2;;. The third-order valence-electron chi connectivity index (χ3n) is 3.90. The molecule has 0 radical (unpaired) electrons. The molecule has 0 N–H and O–H groups in total. The van der Waals surface area contributed by atoms with Crippen LogP contribution >= 0.6 is 0 Å². The van der Waals surface area contributed by atoms with Gasteiger partial charge in [0, 0.05) is 0 Å². The van der Waals surface area contributed by atoms with Gasteiger partial charge >= 0.3 is 18.9 Å². The zero-order valence-corrected chi connectivity index (χ0v) is 10.6. The van der Waals surface area contributed by atoms with Crippen molar-refractivity contribution in [1.29, 1.82) is 0 Å². The van der Waals surface area contributed by atoms with E-state index in [9.17, 15) is 0 Å². The van der Waals surface area contributed by atoms with Gasteiger partial charge < -0.3 is 0 Å². The molecule has 0 atom stereocenters. The van der Waals surface area contributed by atoms with Gasteiger partial charge in [0.15, 0.2) is 0 Å². The van der Waals surface area contributed by atoms with E-state index in [1.807, 2.05) is 0 Å². The quantitative estimate of drug-likeness (QED) is 0.560. The van der Waals surface area contributed by atoms with Crippen LogP contribution in [-0.4, -0.2) is 18.9 Å². The first kappa shape index (κ1) is 13.3. The molecule has 0 amide bonds. The molecule has 0 saturated heterocycles. The second kappa shape index (κ2) is 5.33. The Morgan fingerprint density at radius 2 is 1.45 bits per heavy atom. The van der Waals surface area contributed by atoms with Crippen LogP contribution < -0.4 is 0 Å². The third-order valence-corrected chi connectivity index (χ3v) is 3.90. The van der Waals surface area contributed by atoms with Gasteiger partial charge in [-0.3, -0.25) is 0 Å². The van der Waals surface area contributed by atoms with E-state index in [2.05, 4.69) is 72.8 Å². The molecule has 3 aromatic rings. The number of benzene rings is 3. The molecule has 92 valence electrons. The van der Waals surface area contributed by atoms with Crippen molar-refractivity contribution in [3.05, 3.63) is 77.9 Å². The van der Waals surface area contributed by atoms with Crippen LogP contribution in [-0.2, 0) is 6.42 Å². The van der Waals surface area contributed by atoms with Crippen molar-refractivity contribution in [2.45, 2.75) is 6.42 Å². The Balaban J connectivity index is 0.00000121. The molecule has 0 aromatic heterocycles. The topological polar surface area (TPSA) is 0 Å². The van der Waals surface area contributed by atoms with Crippen molar-refractivity contribution >= 4 is 35.7 Å². The molecule has 0 aliphatic heterocycles. The summed E-state index contributed by atoms with van der Waals surface area (Å²) >= 11 is 0. The SMILES string of the molecule is C1=Cc2c(cccc2-c2cccc3ccccc23)C1.[LiH]. The molecular formula is C19H15Li. The summed E-state index contributed by atoms with van der Waals surface area (Å²) in [7, 11) is 0. The fraction of sp³-hybridized carbons (Fsp3) is 0.0526. The number of hydrogen-bond donors (Lipinski definition) is 0. The summed E-state index contributed by atoms with van der Waals surface area (Å²) in [6.07, 6.45) is 5.57. The Hall–Kier alpha value is -1.74. The van der Waals surface area contributed by atoms with E-state index >= 15 is 0 Å². The number of fused-ring (bicyclic) bond motifs is 2. The van der Waals surface area contributed by atoms with E-state index in [1.54, 1.807) is 0 Å². The Morgan fingerprint density at radius 1 is 0.700 bits per heavy atom. The average molecular weight is 250 g/mol. The van der Waals surface area contributed by atoms with Crippen LogP contribution in [0.4, 0.5) is 0 Å². The fourth-order valence-electron chi connectivity index (χ4n) is 2.99. The molecule has 3 aromatic carbocycles. The normalized spacial score (nSPS) is 12.2. The molecule has 0 spiro atoms. The van der Waals surface area contributed by atoms with E-state index in [4.69, 9.17) is 0 Å². The first-order valence-corrected chi connectivity index (χ1v) is 6.70. The zero-order valence-electron chi connectivity index (χ0n) is 10.6. The van der Waals surface area contributed by atoms with Gasteiger partial charge in [0.25, 0.3) is 0 Å². The van der Waals surface area contributed by atoms with Crippen LogP contribution in [0.25, 0.3) is 28.0 Å². The molecule has 0 unspecified atom stereocenters. The van der Waals surface area contributed by atoms with E-state index in [-0.39, 0.29) is 18.9 Å². The summed E-state index contributed by atoms with van der Waals surface area (Å²) in [6.45, 7) is 0. The van der Waals surface area contributed by atoms with E-state index in [0.29, 0.717) is 0 Å². The second-order valence-electron chi connectivity index (χ2n) is 5.01. The summed E-state index contributed by atoms with van der Waals surface area (Å²) in [5, 5.41) is 2.64. The minimum atomic E-state index is 0. The molecule has 1 aliphatic rings. The summed E-state index contributed by atoms with van der Waals surface area (Å²) < 4.78 is 0. The molecule has 20 heavy (non-hydrogen) atoms. The van der Waals surface area contributed by atoms with Crippen molar-refractivity contribution in [2.24, 2.45) is 0 Å². The van der Waals surface area contributed by atoms with Gasteiger partial charge in [0.05, 0.1) is 0 Å². The van der Waals surface area contributed by atoms with Crippen molar-refractivity contribution in [3.63, 3.8) is 0 Å². The van der Waals surface area contributed by atoms with Gasteiger partial charge in [0.1, 0.15) is 0 Å². The molecule has 1 heteroatoms. The average Bonchev–Trinajstić information content (AvgIpc) is 2.95. The number of allylic oxidation sites excluding steroid dienone is 1. The molecule has 0 heterocycles. The van der Waals surface area contributed by atoms with E-state index < -0.39 is 0 Å². The fourth-order valence-corrected chi connectivity index (χ4v) is 2.99. The minimum absolute atomic E-state index is 0. The summed E-state index contributed by atoms with van der Waals surface area (Å²) in [5.41, 5.74) is 5.51. The Labute approximate surface area is 131 Å². The van der Waals surface area contributed by atoms with Gasteiger partial charge in [-0.2, -0.15) is 0 Å². The maximum absolute atomic E-state index is 2.26. The van der Waals surface area contributed by atoms with Crippen LogP contribution in [0.5, 0.6) is 0 Å². The van der Waals surface area contributed by atoms with Gasteiger partial charge in [0.2, 0.25) is 0 Å². The monoisotopic (exact) mass is 250 g/mol. The molecule has 0 nitrogen and oxygen atoms in total. The van der Waals surface area contributed by atoms with Crippen molar-refractivity contribution in [3.8, 4) is 11.1 Å². The first-order chi connectivity index (χ1) is 9.43. The zero-order chi connectivity index (χ0) is 12.7. The maximum atomic E-state index is 2.26. The molecular weight excluding hydrogens is 235 g/mol. The molecule has 4 rings (SSSR count). The first-order valence-electron chi connectivity index (χ1n) is 6.70. The van der Waals surface area contributed by atoms with Crippen LogP contribution in [0.1, 0.15) is 11.1 Å². The molecule has 0 fully saturated rings. The third kappa shape index (κ3) is 2.02. The van der Waals surface area contributed by atoms with Gasteiger partial charge in [-0.15, -0.1) is 0 Å². The van der Waals surface area contributed by atoms with Crippen LogP contribution in [0.2, 0.25) is 0 Å². The summed E-state index contributed by atoms with van der Waals surface area (Å²) in [4.78, 5) is 0. The van der Waals surface area contributed by atoms with Gasteiger partial charge in [-0.1, -0.05) is 72.8 Å². The van der Waals surface area contributed by atoms with Crippen molar-refractivity contribution in [2.75, 3.05) is 0 Å². The number of hydrogen-bond acceptors (Lipinski definition) is 0. The van der Waals surface area contributed by atoms with Gasteiger partial charge in [-0.25, -0.2) is 0 Å².